The summed E-state index contributed by atoms with van der Waals surface area (Å²) in [5.41, 5.74) is 2.10. The Kier molecular flexibility index (Phi) is 5.05. The summed E-state index contributed by atoms with van der Waals surface area (Å²) in [5.74, 6) is -0.346. The Morgan fingerprint density at radius 1 is 1.19 bits per heavy atom. The molecule has 0 bridgehead atoms. The highest BCUT2D eigenvalue weighted by molar-refractivity contribution is 7.92. The Morgan fingerprint density at radius 2 is 1.85 bits per heavy atom. The number of carbonyl (C=O) groups excluding carboxylic acids is 1. The molecule has 0 atom stereocenters. The van der Waals surface area contributed by atoms with Gasteiger partial charge in [-0.2, -0.15) is 0 Å². The predicted octanol–water partition coefficient (Wildman–Crippen LogP) is 4.69. The SMILES string of the molecule is Cc1cc(Cl)cc2sc(NC(=O)c3ccc(S(=O)(=O)C(C)C)cc3)nc12. The third-order valence-electron chi connectivity index (χ3n) is 3.94. The summed E-state index contributed by atoms with van der Waals surface area (Å²) in [6.45, 7) is 5.15. The normalized spacial score (nSPS) is 11.9. The van der Waals surface area contributed by atoms with Crippen molar-refractivity contribution in [3.63, 3.8) is 0 Å². The van der Waals surface area contributed by atoms with Crippen molar-refractivity contribution < 1.29 is 13.2 Å². The van der Waals surface area contributed by atoms with Gasteiger partial charge in [-0.15, -0.1) is 0 Å². The number of nitrogens with zero attached hydrogens (tertiary/aromatic N) is 1. The van der Waals surface area contributed by atoms with Crippen LogP contribution in [-0.4, -0.2) is 24.6 Å². The number of thiazole rings is 1. The molecule has 5 nitrogen and oxygen atoms in total. The number of amides is 1. The number of halogens is 1. The molecule has 0 saturated carbocycles. The number of rotatable bonds is 4. The minimum absolute atomic E-state index is 0.203. The van der Waals surface area contributed by atoms with Crippen LogP contribution in [0.1, 0.15) is 29.8 Å². The fourth-order valence-corrected chi connectivity index (χ4v) is 4.82. The highest BCUT2D eigenvalue weighted by Crippen LogP contribution is 2.31. The van der Waals surface area contributed by atoms with E-state index in [1.54, 1.807) is 13.8 Å². The molecule has 1 N–H and O–H groups in total. The molecule has 0 aliphatic heterocycles. The van der Waals surface area contributed by atoms with Crippen LogP contribution in [-0.2, 0) is 9.84 Å². The Labute approximate surface area is 160 Å². The molecular weight excluding hydrogens is 392 g/mol. The van der Waals surface area contributed by atoms with Crippen molar-refractivity contribution in [1.82, 2.24) is 4.98 Å². The van der Waals surface area contributed by atoms with Crippen LogP contribution < -0.4 is 5.32 Å². The van der Waals surface area contributed by atoms with Gasteiger partial charge in [-0.1, -0.05) is 22.9 Å². The molecular formula is C18H17ClN2O3S2. The average Bonchev–Trinajstić information content (AvgIpc) is 2.97. The lowest BCUT2D eigenvalue weighted by Gasteiger charge is -2.08. The maximum atomic E-state index is 12.4. The lowest BCUT2D eigenvalue weighted by molar-refractivity contribution is 0.102. The zero-order valence-corrected chi connectivity index (χ0v) is 16.8. The number of aryl methyl sites for hydroxylation is 1. The number of benzene rings is 2. The van der Waals surface area contributed by atoms with Crippen LogP contribution in [0.25, 0.3) is 10.2 Å². The lowest BCUT2D eigenvalue weighted by Crippen LogP contribution is -2.15. The largest absolute Gasteiger partial charge is 0.298 e. The fourth-order valence-electron chi connectivity index (χ4n) is 2.45. The number of fused-ring (bicyclic) bond motifs is 1. The van der Waals surface area contributed by atoms with Crippen LogP contribution in [0.5, 0.6) is 0 Å². The van der Waals surface area contributed by atoms with Crippen molar-refractivity contribution in [1.29, 1.82) is 0 Å². The van der Waals surface area contributed by atoms with E-state index in [0.717, 1.165) is 15.8 Å². The molecule has 0 saturated heterocycles. The quantitative estimate of drug-likeness (QED) is 0.679. The van der Waals surface area contributed by atoms with Gasteiger partial charge in [-0.25, -0.2) is 13.4 Å². The summed E-state index contributed by atoms with van der Waals surface area (Å²) in [7, 11) is -3.36. The van der Waals surface area contributed by atoms with E-state index in [1.807, 2.05) is 19.1 Å². The zero-order chi connectivity index (χ0) is 19.1. The van der Waals surface area contributed by atoms with Gasteiger partial charge in [0.1, 0.15) is 0 Å². The number of aromatic nitrogens is 1. The van der Waals surface area contributed by atoms with Crippen molar-refractivity contribution in [3.05, 3.63) is 52.5 Å². The molecule has 0 radical (unpaired) electrons. The van der Waals surface area contributed by atoms with Gasteiger partial charge in [0.25, 0.3) is 5.91 Å². The Hall–Kier alpha value is -1.96. The average molecular weight is 409 g/mol. The van der Waals surface area contributed by atoms with Crippen LogP contribution in [0.15, 0.2) is 41.3 Å². The first-order valence-electron chi connectivity index (χ1n) is 7.90. The molecule has 3 aromatic rings. The number of anilines is 1. The van der Waals surface area contributed by atoms with Gasteiger partial charge in [0.05, 0.1) is 20.4 Å². The maximum Gasteiger partial charge on any atom is 0.257 e. The monoisotopic (exact) mass is 408 g/mol. The van der Waals surface area contributed by atoms with Crippen LogP contribution in [0, 0.1) is 6.92 Å². The van der Waals surface area contributed by atoms with Crippen LogP contribution in [0.3, 0.4) is 0 Å². The summed E-state index contributed by atoms with van der Waals surface area (Å²) in [4.78, 5) is 17.1. The van der Waals surface area contributed by atoms with E-state index < -0.39 is 15.1 Å². The van der Waals surface area contributed by atoms with E-state index in [2.05, 4.69) is 10.3 Å². The van der Waals surface area contributed by atoms with Crippen molar-refractivity contribution in [2.75, 3.05) is 5.32 Å². The topological polar surface area (TPSA) is 76.1 Å². The standard InChI is InChI=1S/C18H17ClN2O3S2/c1-10(2)26(23,24)14-6-4-12(5-7-14)17(22)21-18-20-16-11(3)8-13(19)9-15(16)25-18/h4-10H,1-3H3,(H,20,21,22). The molecule has 0 unspecified atom stereocenters. The van der Waals surface area contributed by atoms with E-state index in [9.17, 15) is 13.2 Å². The Morgan fingerprint density at radius 3 is 2.46 bits per heavy atom. The second kappa shape index (κ2) is 6.98. The molecule has 0 spiro atoms. The first-order valence-corrected chi connectivity index (χ1v) is 10.6. The second-order valence-electron chi connectivity index (χ2n) is 6.16. The fraction of sp³-hybridized carbons (Fsp3) is 0.222. The number of carbonyl (C=O) groups is 1. The van der Waals surface area contributed by atoms with Crippen molar-refractivity contribution >= 4 is 54.0 Å². The maximum absolute atomic E-state index is 12.4. The third-order valence-corrected chi connectivity index (χ3v) is 7.24. The van der Waals surface area contributed by atoms with E-state index in [0.29, 0.717) is 15.7 Å². The zero-order valence-electron chi connectivity index (χ0n) is 14.4. The highest BCUT2D eigenvalue weighted by Gasteiger charge is 2.19. The summed E-state index contributed by atoms with van der Waals surface area (Å²) in [5, 5.41) is 3.33. The molecule has 136 valence electrons. The Bertz CT molecular complexity index is 1090. The van der Waals surface area contributed by atoms with Crippen LogP contribution >= 0.6 is 22.9 Å². The molecule has 3 rings (SSSR count). The number of sulfone groups is 1. The van der Waals surface area contributed by atoms with Crippen molar-refractivity contribution in [2.45, 2.75) is 30.9 Å². The van der Waals surface area contributed by atoms with Gasteiger partial charge in [-0.05, 0) is 62.7 Å². The van der Waals surface area contributed by atoms with E-state index in [4.69, 9.17) is 11.6 Å². The van der Waals surface area contributed by atoms with Crippen LogP contribution in [0.2, 0.25) is 5.02 Å². The minimum atomic E-state index is -3.36. The molecule has 0 aliphatic rings. The molecule has 26 heavy (non-hydrogen) atoms. The molecule has 1 amide bonds. The summed E-state index contributed by atoms with van der Waals surface area (Å²) < 4.78 is 25.2. The lowest BCUT2D eigenvalue weighted by atomic mass is 10.2. The van der Waals surface area contributed by atoms with Crippen molar-refractivity contribution in [2.24, 2.45) is 0 Å². The molecule has 0 fully saturated rings. The smallest absolute Gasteiger partial charge is 0.257 e. The third kappa shape index (κ3) is 3.60. The molecule has 0 aliphatic carbocycles. The number of hydrogen-bond donors (Lipinski definition) is 1. The summed E-state index contributed by atoms with van der Waals surface area (Å²) in [6.07, 6.45) is 0. The molecule has 1 heterocycles. The van der Waals surface area contributed by atoms with Gasteiger partial charge in [0.2, 0.25) is 0 Å². The summed E-state index contributed by atoms with van der Waals surface area (Å²) >= 11 is 7.39. The Balaban J connectivity index is 1.83. The van der Waals surface area contributed by atoms with Gasteiger partial charge in [-0.3, -0.25) is 10.1 Å². The first kappa shape index (κ1) is 18.8. The van der Waals surface area contributed by atoms with Crippen LogP contribution in [0.4, 0.5) is 5.13 Å². The van der Waals surface area contributed by atoms with Gasteiger partial charge >= 0.3 is 0 Å². The van der Waals surface area contributed by atoms with E-state index >= 15 is 0 Å². The highest BCUT2D eigenvalue weighted by atomic mass is 35.5. The van der Waals surface area contributed by atoms with E-state index in [1.165, 1.54) is 35.6 Å². The second-order valence-corrected chi connectivity index (χ2v) is 10.1. The number of nitrogens with one attached hydrogen (secondary N) is 1. The number of hydrogen-bond acceptors (Lipinski definition) is 5. The van der Waals surface area contributed by atoms with Crippen molar-refractivity contribution in [3.8, 4) is 0 Å². The molecule has 1 aromatic heterocycles. The molecule has 8 heteroatoms. The van der Waals surface area contributed by atoms with Gasteiger partial charge in [0, 0.05) is 10.6 Å². The minimum Gasteiger partial charge on any atom is -0.298 e. The first-order chi connectivity index (χ1) is 12.2. The van der Waals surface area contributed by atoms with Gasteiger partial charge in [0.15, 0.2) is 15.0 Å². The van der Waals surface area contributed by atoms with E-state index in [-0.39, 0.29) is 10.8 Å². The molecule has 2 aromatic carbocycles. The van der Waals surface area contributed by atoms with Gasteiger partial charge < -0.3 is 0 Å². The summed E-state index contributed by atoms with van der Waals surface area (Å²) in [6, 6.07) is 9.53. The predicted molar refractivity (Wildman–Crippen MR) is 106 cm³/mol.